The minimum Gasteiger partial charge on any atom is -0.465 e. The van der Waals surface area contributed by atoms with E-state index in [1.807, 2.05) is 0 Å². The summed E-state index contributed by atoms with van der Waals surface area (Å²) in [6.07, 6.45) is 4.30. The van der Waals surface area contributed by atoms with E-state index in [-0.39, 0.29) is 16.9 Å². The van der Waals surface area contributed by atoms with E-state index in [2.05, 4.69) is 20.0 Å². The molecule has 6 nitrogen and oxygen atoms in total. The number of rotatable bonds is 3. The van der Waals surface area contributed by atoms with Crippen molar-refractivity contribution in [2.45, 2.75) is 0 Å². The average molecular weight is 262 g/mol. The monoisotopic (exact) mass is 262 g/mol. The Labute approximate surface area is 108 Å². The summed E-state index contributed by atoms with van der Waals surface area (Å²) < 4.78 is 18.3. The largest absolute Gasteiger partial charge is 0.465 e. The predicted molar refractivity (Wildman–Crippen MR) is 67.5 cm³/mol. The van der Waals surface area contributed by atoms with Crippen molar-refractivity contribution >= 4 is 23.0 Å². The van der Waals surface area contributed by atoms with Gasteiger partial charge in [-0.3, -0.25) is 0 Å². The topological polar surface area (TPSA) is 90.1 Å². The molecule has 0 bridgehead atoms. The molecule has 0 saturated heterocycles. The summed E-state index contributed by atoms with van der Waals surface area (Å²) in [6, 6.07) is 2.34. The fourth-order valence-electron chi connectivity index (χ4n) is 1.49. The van der Waals surface area contributed by atoms with Crippen LogP contribution in [0.15, 0.2) is 30.9 Å². The van der Waals surface area contributed by atoms with E-state index in [0.717, 1.165) is 6.07 Å². The summed E-state index contributed by atoms with van der Waals surface area (Å²) in [4.78, 5) is 19.1. The Morgan fingerprint density at radius 1 is 1.37 bits per heavy atom. The van der Waals surface area contributed by atoms with Crippen molar-refractivity contribution in [1.82, 2.24) is 9.97 Å². The number of esters is 1. The third-order valence-electron chi connectivity index (χ3n) is 2.38. The molecule has 2 rings (SSSR count). The van der Waals surface area contributed by atoms with Gasteiger partial charge in [-0.05, 0) is 12.1 Å². The normalized spacial score (nSPS) is 10.0. The number of nitrogens with one attached hydrogen (secondary N) is 1. The number of carbonyl (C=O) groups is 1. The van der Waals surface area contributed by atoms with Crippen LogP contribution < -0.4 is 11.1 Å². The van der Waals surface area contributed by atoms with Crippen LogP contribution in [0.25, 0.3) is 0 Å². The first kappa shape index (κ1) is 12.7. The molecule has 0 saturated carbocycles. The molecule has 0 aliphatic heterocycles. The third kappa shape index (κ3) is 2.76. The highest BCUT2D eigenvalue weighted by molar-refractivity contribution is 5.96. The smallest absolute Gasteiger partial charge is 0.340 e. The zero-order chi connectivity index (χ0) is 13.8. The Morgan fingerprint density at radius 3 is 2.68 bits per heavy atom. The van der Waals surface area contributed by atoms with Crippen LogP contribution in [0.1, 0.15) is 10.4 Å². The van der Waals surface area contributed by atoms with Crippen molar-refractivity contribution in [2.75, 3.05) is 18.2 Å². The number of hydrogen-bond acceptors (Lipinski definition) is 6. The van der Waals surface area contributed by atoms with Gasteiger partial charge < -0.3 is 15.8 Å². The molecule has 0 spiro atoms. The number of carbonyl (C=O) groups excluding carboxylic acids is 1. The number of aromatic nitrogens is 2. The molecule has 1 aromatic carbocycles. The Kier molecular flexibility index (Phi) is 3.56. The highest BCUT2D eigenvalue weighted by atomic mass is 19.1. The van der Waals surface area contributed by atoms with Crippen molar-refractivity contribution in [3.05, 3.63) is 42.2 Å². The van der Waals surface area contributed by atoms with Crippen LogP contribution in [0.3, 0.4) is 0 Å². The average Bonchev–Trinajstić information content (AvgIpc) is 2.42. The molecule has 2 aromatic rings. The van der Waals surface area contributed by atoms with Gasteiger partial charge in [0.2, 0.25) is 0 Å². The van der Waals surface area contributed by atoms with Crippen molar-refractivity contribution in [2.24, 2.45) is 0 Å². The van der Waals surface area contributed by atoms with Crippen molar-refractivity contribution < 1.29 is 13.9 Å². The van der Waals surface area contributed by atoms with Crippen LogP contribution in [-0.4, -0.2) is 23.0 Å². The zero-order valence-corrected chi connectivity index (χ0v) is 10.1. The molecule has 0 fully saturated rings. The maximum absolute atomic E-state index is 13.7. The second kappa shape index (κ2) is 5.30. The highest BCUT2D eigenvalue weighted by Gasteiger charge is 2.14. The molecular weight excluding hydrogens is 251 g/mol. The van der Waals surface area contributed by atoms with Gasteiger partial charge >= 0.3 is 5.97 Å². The molecule has 7 heteroatoms. The standard InChI is InChI=1S/C12H11FN4O2/c1-19-12(18)8-2-11(9(13)3-10(8)14)17-7-4-15-6-16-5-7/h2-6,17H,14H2,1H3. The summed E-state index contributed by atoms with van der Waals surface area (Å²) in [7, 11) is 1.23. The van der Waals surface area contributed by atoms with Gasteiger partial charge in [-0.15, -0.1) is 0 Å². The maximum atomic E-state index is 13.7. The van der Waals surface area contributed by atoms with Gasteiger partial charge in [0.15, 0.2) is 0 Å². The van der Waals surface area contributed by atoms with Crippen molar-refractivity contribution in [1.29, 1.82) is 0 Å². The number of nitrogen functional groups attached to an aromatic ring is 1. The van der Waals surface area contributed by atoms with E-state index in [1.165, 1.54) is 31.9 Å². The lowest BCUT2D eigenvalue weighted by Crippen LogP contribution is -2.07. The second-order valence-electron chi connectivity index (χ2n) is 3.66. The first-order chi connectivity index (χ1) is 9.11. The summed E-state index contributed by atoms with van der Waals surface area (Å²) in [5, 5.41) is 2.76. The fourth-order valence-corrected chi connectivity index (χ4v) is 1.49. The van der Waals surface area contributed by atoms with Gasteiger partial charge in [0, 0.05) is 5.69 Å². The van der Waals surface area contributed by atoms with E-state index < -0.39 is 11.8 Å². The van der Waals surface area contributed by atoms with Crippen LogP contribution in [0, 0.1) is 5.82 Å². The van der Waals surface area contributed by atoms with Crippen LogP contribution in [-0.2, 0) is 4.74 Å². The highest BCUT2D eigenvalue weighted by Crippen LogP contribution is 2.25. The molecule has 1 heterocycles. The molecule has 0 radical (unpaired) electrons. The summed E-state index contributed by atoms with van der Waals surface area (Å²) in [5.74, 6) is -1.22. The summed E-state index contributed by atoms with van der Waals surface area (Å²) in [6.45, 7) is 0. The lowest BCUT2D eigenvalue weighted by molar-refractivity contribution is 0.0602. The number of anilines is 3. The Morgan fingerprint density at radius 2 is 2.05 bits per heavy atom. The number of nitrogens with zero attached hydrogens (tertiary/aromatic N) is 2. The summed E-state index contributed by atoms with van der Waals surface area (Å²) in [5.41, 5.74) is 6.24. The van der Waals surface area contributed by atoms with Gasteiger partial charge in [0.25, 0.3) is 0 Å². The molecule has 98 valence electrons. The summed E-state index contributed by atoms with van der Waals surface area (Å²) >= 11 is 0. The third-order valence-corrected chi connectivity index (χ3v) is 2.38. The van der Waals surface area contributed by atoms with Crippen LogP contribution in [0.4, 0.5) is 21.5 Å². The number of nitrogens with two attached hydrogens (primary N) is 1. The quantitative estimate of drug-likeness (QED) is 0.646. The van der Waals surface area contributed by atoms with Gasteiger partial charge in [-0.2, -0.15) is 0 Å². The number of ether oxygens (including phenoxy) is 1. The molecule has 3 N–H and O–H groups in total. The second-order valence-corrected chi connectivity index (χ2v) is 3.66. The zero-order valence-electron chi connectivity index (χ0n) is 10.1. The Bertz CT molecular complexity index is 604. The van der Waals surface area contributed by atoms with Crippen LogP contribution in [0.2, 0.25) is 0 Å². The lowest BCUT2D eigenvalue weighted by atomic mass is 10.1. The van der Waals surface area contributed by atoms with Gasteiger partial charge in [0.1, 0.15) is 12.1 Å². The number of halogens is 1. The molecule has 0 aliphatic rings. The van der Waals surface area contributed by atoms with E-state index in [0.29, 0.717) is 5.69 Å². The van der Waals surface area contributed by atoms with Crippen LogP contribution >= 0.6 is 0 Å². The molecule has 0 amide bonds. The first-order valence-electron chi connectivity index (χ1n) is 5.31. The van der Waals surface area contributed by atoms with Crippen molar-refractivity contribution in [3.63, 3.8) is 0 Å². The molecular formula is C12H11FN4O2. The van der Waals surface area contributed by atoms with E-state index in [4.69, 9.17) is 5.73 Å². The minimum atomic E-state index is -0.634. The fraction of sp³-hybridized carbons (Fsp3) is 0.0833. The maximum Gasteiger partial charge on any atom is 0.340 e. The van der Waals surface area contributed by atoms with Gasteiger partial charge in [-0.25, -0.2) is 19.2 Å². The predicted octanol–water partition coefficient (Wildman–Crippen LogP) is 1.73. The molecule has 19 heavy (non-hydrogen) atoms. The molecule has 1 aromatic heterocycles. The SMILES string of the molecule is COC(=O)c1cc(Nc2cncnc2)c(F)cc1N. The van der Waals surface area contributed by atoms with Gasteiger partial charge in [0.05, 0.1) is 36.4 Å². The van der Waals surface area contributed by atoms with Crippen LogP contribution in [0.5, 0.6) is 0 Å². The first-order valence-corrected chi connectivity index (χ1v) is 5.31. The van der Waals surface area contributed by atoms with E-state index >= 15 is 0 Å². The lowest BCUT2D eigenvalue weighted by Gasteiger charge is -2.10. The molecule has 0 unspecified atom stereocenters. The Hall–Kier alpha value is -2.70. The van der Waals surface area contributed by atoms with Gasteiger partial charge in [-0.1, -0.05) is 0 Å². The number of methoxy groups -OCH3 is 1. The number of hydrogen-bond donors (Lipinski definition) is 2. The van der Waals surface area contributed by atoms with E-state index in [9.17, 15) is 9.18 Å². The molecule has 0 atom stereocenters. The number of benzene rings is 1. The Balaban J connectivity index is 2.38. The minimum absolute atomic E-state index is 0.0132. The van der Waals surface area contributed by atoms with E-state index in [1.54, 1.807) is 0 Å². The molecule has 0 aliphatic carbocycles. The van der Waals surface area contributed by atoms with Crippen molar-refractivity contribution in [3.8, 4) is 0 Å².